The molecule has 3 aliphatic heterocycles. The molecule has 3 fully saturated rings. The molecule has 3 rings (SSSR count). The van der Waals surface area contributed by atoms with Crippen LogP contribution in [-0.2, 0) is 38.1 Å². The molecule has 1 N–H and O–H groups in total. The first kappa shape index (κ1) is 42.5. The van der Waals surface area contributed by atoms with Crippen LogP contribution in [0.15, 0.2) is 5.11 Å². The number of amides is 1. The van der Waals surface area contributed by atoms with Gasteiger partial charge in [0, 0.05) is 48.9 Å². The highest BCUT2D eigenvalue weighted by atomic mass is 19.1. The van der Waals surface area contributed by atoms with Crippen molar-refractivity contribution in [3.8, 4) is 0 Å². The first-order valence-corrected chi connectivity index (χ1v) is 17.9. The fourth-order valence-corrected chi connectivity index (χ4v) is 8.22. The van der Waals surface area contributed by atoms with Gasteiger partial charge in [-0.2, -0.15) is 0 Å². The number of hydrogen-bond acceptors (Lipinski definition) is 12. The smallest absolute Gasteiger partial charge is 0.410 e. The maximum absolute atomic E-state index is 16.7. The normalized spacial score (nSPS) is 41.4. The molecule has 0 bridgehead atoms. The Morgan fingerprint density at radius 1 is 1.10 bits per heavy atom. The highest BCUT2D eigenvalue weighted by Crippen LogP contribution is 2.43. The second kappa shape index (κ2) is 16.9. The molecule has 13 atom stereocenters. The summed E-state index contributed by atoms with van der Waals surface area (Å²) in [6.07, 6.45) is -4.59. The van der Waals surface area contributed by atoms with Gasteiger partial charge in [-0.3, -0.25) is 9.59 Å². The van der Waals surface area contributed by atoms with Crippen molar-refractivity contribution >= 4 is 23.6 Å². The molecular weight excluding hydrogens is 669 g/mol. The third-order valence-corrected chi connectivity index (χ3v) is 11.2. The van der Waals surface area contributed by atoms with Crippen LogP contribution in [0.25, 0.3) is 10.4 Å². The average molecular weight is 728 g/mol. The summed E-state index contributed by atoms with van der Waals surface area (Å²) < 4.78 is 46.8. The van der Waals surface area contributed by atoms with Crippen LogP contribution in [-0.4, -0.2) is 132 Å². The summed E-state index contributed by atoms with van der Waals surface area (Å²) >= 11 is 0. The van der Waals surface area contributed by atoms with Gasteiger partial charge in [0.05, 0.1) is 23.9 Å². The van der Waals surface area contributed by atoms with Crippen LogP contribution in [0, 0.1) is 17.8 Å². The average Bonchev–Trinajstić information content (AvgIpc) is 3.33. The maximum Gasteiger partial charge on any atom is 0.410 e. The topological polar surface area (TPSA) is 190 Å². The molecule has 51 heavy (non-hydrogen) atoms. The number of Topliss-reactive ketones (excluding diaryl/α,β-unsaturated/α-hetero) is 2. The lowest BCUT2D eigenvalue weighted by atomic mass is 9.73. The predicted molar refractivity (Wildman–Crippen MR) is 183 cm³/mol. The Hall–Kier alpha value is -2.88. The lowest BCUT2D eigenvalue weighted by Crippen LogP contribution is -2.61. The molecule has 0 aromatic rings. The summed E-state index contributed by atoms with van der Waals surface area (Å²) in [5, 5.41) is 14.9. The van der Waals surface area contributed by atoms with E-state index in [9.17, 15) is 24.3 Å². The van der Waals surface area contributed by atoms with E-state index in [-0.39, 0.29) is 43.9 Å². The minimum atomic E-state index is -3.18. The molecule has 0 aromatic carbocycles. The number of ketones is 2. The number of fused-ring (bicyclic) bond motifs is 1. The zero-order chi connectivity index (χ0) is 38.6. The highest BCUT2D eigenvalue weighted by Gasteiger charge is 2.61. The summed E-state index contributed by atoms with van der Waals surface area (Å²) in [6, 6.07) is -1.31. The van der Waals surface area contributed by atoms with Gasteiger partial charge in [0.15, 0.2) is 17.7 Å². The van der Waals surface area contributed by atoms with Gasteiger partial charge in [0.1, 0.15) is 18.0 Å². The number of unbranched alkanes of at least 4 members (excludes halogenated alkanes) is 1. The molecule has 0 aromatic heterocycles. The van der Waals surface area contributed by atoms with Gasteiger partial charge in [-0.25, -0.2) is 14.0 Å². The Morgan fingerprint density at radius 3 is 2.31 bits per heavy atom. The van der Waals surface area contributed by atoms with Crippen molar-refractivity contribution in [2.24, 2.45) is 22.9 Å². The van der Waals surface area contributed by atoms with E-state index in [2.05, 4.69) is 10.0 Å². The van der Waals surface area contributed by atoms with Crippen LogP contribution in [0.3, 0.4) is 0 Å². The molecule has 3 aliphatic rings. The van der Waals surface area contributed by atoms with Gasteiger partial charge in [-0.15, -0.1) is 0 Å². The van der Waals surface area contributed by atoms with Gasteiger partial charge in [0.2, 0.25) is 0 Å². The van der Waals surface area contributed by atoms with Crippen LogP contribution in [0.1, 0.15) is 87.5 Å². The number of halogens is 1. The van der Waals surface area contributed by atoms with Crippen LogP contribution in [0.5, 0.6) is 0 Å². The van der Waals surface area contributed by atoms with E-state index in [1.54, 1.807) is 34.6 Å². The van der Waals surface area contributed by atoms with E-state index < -0.39 is 83.1 Å². The molecule has 15 nitrogen and oxygen atoms in total. The second-order valence-electron chi connectivity index (χ2n) is 15.3. The SMILES string of the molecule is CC[C@H]1OC(=O)[C@@](C)(F)C(=O)[C@H](C)[C@@H](OC2OC(C)CC(N(C)C)C2O)[C@@](C)(OC)C[C@@H](C)C(=O)[C@H](C)C2N(CCCCN=[N+]=[N-])C(=O)O[C@@]21C. The highest BCUT2D eigenvalue weighted by molar-refractivity contribution is 6.08. The summed E-state index contributed by atoms with van der Waals surface area (Å²) in [6.45, 7) is 12.7. The molecule has 1 amide bonds. The number of esters is 1. The Morgan fingerprint density at radius 2 is 1.75 bits per heavy atom. The fraction of sp³-hybridized carbons (Fsp3) is 0.886. The zero-order valence-corrected chi connectivity index (χ0v) is 32.0. The first-order chi connectivity index (χ1) is 23.7. The van der Waals surface area contributed by atoms with Crippen molar-refractivity contribution in [1.82, 2.24) is 9.80 Å². The quantitative estimate of drug-likeness (QED) is 0.0840. The number of azide groups is 1. The molecule has 16 heteroatoms. The number of carbonyl (C=O) groups excluding carboxylic acids is 4. The number of nitrogens with zero attached hydrogens (tertiary/aromatic N) is 5. The largest absolute Gasteiger partial charge is 0.455 e. The number of methoxy groups -OCH3 is 1. The molecule has 290 valence electrons. The monoisotopic (exact) mass is 727 g/mol. The summed E-state index contributed by atoms with van der Waals surface area (Å²) in [5.41, 5.74) is 2.42. The third-order valence-electron chi connectivity index (χ3n) is 11.2. The van der Waals surface area contributed by atoms with Crippen molar-refractivity contribution in [2.45, 2.75) is 147 Å². The Labute approximate surface area is 300 Å². The van der Waals surface area contributed by atoms with E-state index in [4.69, 9.17) is 29.2 Å². The molecule has 5 unspecified atom stereocenters. The molecule has 0 aliphatic carbocycles. The van der Waals surface area contributed by atoms with Crippen molar-refractivity contribution in [2.75, 3.05) is 34.3 Å². The summed E-state index contributed by atoms with van der Waals surface area (Å²) in [7, 11) is 5.01. The van der Waals surface area contributed by atoms with E-state index in [0.29, 0.717) is 19.3 Å². The number of aliphatic hydroxyl groups is 1. The second-order valence-corrected chi connectivity index (χ2v) is 15.3. The predicted octanol–water partition coefficient (Wildman–Crippen LogP) is 4.37. The number of aliphatic hydroxyl groups excluding tert-OH is 1. The summed E-state index contributed by atoms with van der Waals surface area (Å²) in [4.78, 5) is 61.7. The lowest BCUT2D eigenvalue weighted by Gasteiger charge is -2.47. The molecule has 0 saturated carbocycles. The van der Waals surface area contributed by atoms with Crippen LogP contribution < -0.4 is 0 Å². The number of ether oxygens (including phenoxy) is 5. The van der Waals surface area contributed by atoms with Gasteiger partial charge >= 0.3 is 12.1 Å². The Bertz CT molecular complexity index is 1330. The van der Waals surface area contributed by atoms with Crippen LogP contribution in [0.2, 0.25) is 0 Å². The number of rotatable bonds is 10. The van der Waals surface area contributed by atoms with E-state index in [1.165, 1.54) is 18.9 Å². The number of hydrogen-bond donors (Lipinski definition) is 1. The van der Waals surface area contributed by atoms with E-state index >= 15 is 4.39 Å². The van der Waals surface area contributed by atoms with Crippen LogP contribution >= 0.6 is 0 Å². The number of cyclic esters (lactones) is 1. The van der Waals surface area contributed by atoms with E-state index in [1.807, 2.05) is 25.9 Å². The van der Waals surface area contributed by atoms with Gasteiger partial charge < -0.3 is 38.6 Å². The lowest BCUT2D eigenvalue weighted by molar-refractivity contribution is -0.295. The molecular formula is C35H58FN5O10. The number of alkyl halides is 1. The number of carbonyl (C=O) groups is 4. The Balaban J connectivity index is 2.15. The molecule has 0 spiro atoms. The molecule has 0 radical (unpaired) electrons. The Kier molecular flexibility index (Phi) is 14.1. The van der Waals surface area contributed by atoms with Crippen LogP contribution in [0.4, 0.5) is 9.18 Å². The number of likely N-dealkylation sites (N-methyl/N-ethyl adjacent to an activating group) is 1. The zero-order valence-electron chi connectivity index (χ0n) is 32.0. The fourth-order valence-electron chi connectivity index (χ4n) is 8.22. The van der Waals surface area contributed by atoms with Crippen molar-refractivity contribution in [3.63, 3.8) is 0 Å². The minimum absolute atomic E-state index is 0.0144. The maximum atomic E-state index is 16.7. The third kappa shape index (κ3) is 8.68. The van der Waals surface area contributed by atoms with Crippen molar-refractivity contribution in [1.29, 1.82) is 0 Å². The standard InChI is InChI=1S/C35H58FN5O10/c1-12-24-35(8)27(41(32(46)51-35)16-14-13-15-38-39-37)21(4)25(42)19(2)18-33(6,47-11)29(22(5)28(44)34(7,36)31(45)49-24)50-30-26(43)23(40(9)10)17-20(3)48-30/h19-24,26-27,29-30,43H,12-18H2,1-11H3/t19-,20?,21+,22+,23?,24-,26?,27?,29-,30?,33+,34+,35-/m1/s1. The summed E-state index contributed by atoms with van der Waals surface area (Å²) in [5.74, 6) is -5.88. The molecule has 3 heterocycles. The van der Waals surface area contributed by atoms with Crippen molar-refractivity contribution in [3.05, 3.63) is 10.4 Å². The van der Waals surface area contributed by atoms with Gasteiger partial charge in [0.25, 0.3) is 5.67 Å². The minimum Gasteiger partial charge on any atom is -0.455 e. The first-order valence-electron chi connectivity index (χ1n) is 17.9. The molecule has 3 saturated heterocycles. The van der Waals surface area contributed by atoms with Crippen molar-refractivity contribution < 1.29 is 52.4 Å². The van der Waals surface area contributed by atoms with E-state index in [0.717, 1.165) is 6.92 Å². The van der Waals surface area contributed by atoms with Gasteiger partial charge in [-0.05, 0) is 79.4 Å². The van der Waals surface area contributed by atoms with Gasteiger partial charge in [-0.1, -0.05) is 32.8 Å².